The van der Waals surface area contributed by atoms with E-state index < -0.39 is 0 Å². The van der Waals surface area contributed by atoms with E-state index in [1.165, 1.54) is 6.42 Å². The van der Waals surface area contributed by atoms with E-state index in [2.05, 4.69) is 10.6 Å². The number of amides is 1. The van der Waals surface area contributed by atoms with Gasteiger partial charge in [-0.15, -0.1) is 12.4 Å². The van der Waals surface area contributed by atoms with Gasteiger partial charge in [-0.2, -0.15) is 0 Å². The van der Waals surface area contributed by atoms with E-state index in [0.717, 1.165) is 13.0 Å². The van der Waals surface area contributed by atoms with Gasteiger partial charge in [-0.3, -0.25) is 4.79 Å². The van der Waals surface area contributed by atoms with Crippen molar-refractivity contribution >= 4 is 18.3 Å². The van der Waals surface area contributed by atoms with Crippen LogP contribution in [-0.2, 0) is 14.3 Å². The van der Waals surface area contributed by atoms with E-state index in [9.17, 15) is 4.79 Å². The number of nitrogens with one attached hydrogen (secondary N) is 2. The highest BCUT2D eigenvalue weighted by atomic mass is 35.5. The maximum absolute atomic E-state index is 11.3. The van der Waals surface area contributed by atoms with Crippen molar-refractivity contribution in [2.45, 2.75) is 18.9 Å². The second-order valence-electron chi connectivity index (χ2n) is 3.64. The van der Waals surface area contributed by atoms with Gasteiger partial charge in [-0.25, -0.2) is 0 Å². The van der Waals surface area contributed by atoms with Crippen molar-refractivity contribution in [1.82, 2.24) is 10.6 Å². The predicted molar refractivity (Wildman–Crippen MR) is 64.0 cm³/mol. The summed E-state index contributed by atoms with van der Waals surface area (Å²) in [7, 11) is 1.61. The predicted octanol–water partition coefficient (Wildman–Crippen LogP) is -0.0606. The molecule has 1 unspecified atom stereocenters. The molecule has 1 saturated heterocycles. The van der Waals surface area contributed by atoms with Gasteiger partial charge in [0.05, 0.1) is 13.2 Å². The number of carbonyl (C=O) groups excluding carboxylic acids is 1. The van der Waals surface area contributed by atoms with Crippen molar-refractivity contribution in [3.8, 4) is 0 Å². The van der Waals surface area contributed by atoms with Crippen LogP contribution in [0.1, 0.15) is 12.8 Å². The Kier molecular flexibility index (Phi) is 9.62. The summed E-state index contributed by atoms with van der Waals surface area (Å²) < 4.78 is 9.89. The van der Waals surface area contributed by atoms with E-state index in [-0.39, 0.29) is 24.9 Å². The molecule has 0 aromatic carbocycles. The zero-order valence-electron chi connectivity index (χ0n) is 9.66. The summed E-state index contributed by atoms with van der Waals surface area (Å²) in [6.45, 7) is 2.87. The highest BCUT2D eigenvalue weighted by molar-refractivity contribution is 5.85. The second-order valence-corrected chi connectivity index (χ2v) is 3.64. The number of halogens is 1. The lowest BCUT2D eigenvalue weighted by molar-refractivity contribution is -0.126. The van der Waals surface area contributed by atoms with Crippen molar-refractivity contribution in [2.24, 2.45) is 0 Å². The Morgan fingerprint density at radius 2 is 2.31 bits per heavy atom. The molecular weight excluding hydrogens is 232 g/mol. The van der Waals surface area contributed by atoms with Gasteiger partial charge < -0.3 is 20.1 Å². The third-order valence-corrected chi connectivity index (χ3v) is 2.37. The Balaban J connectivity index is 0.00000225. The second kappa shape index (κ2) is 9.84. The van der Waals surface area contributed by atoms with Crippen molar-refractivity contribution < 1.29 is 14.3 Å². The summed E-state index contributed by atoms with van der Waals surface area (Å²) in [6, 6.07) is 0.438. The zero-order chi connectivity index (χ0) is 10.9. The minimum absolute atomic E-state index is 0. The summed E-state index contributed by atoms with van der Waals surface area (Å²) >= 11 is 0. The van der Waals surface area contributed by atoms with Crippen LogP contribution in [0.5, 0.6) is 0 Å². The smallest absolute Gasteiger partial charge is 0.246 e. The van der Waals surface area contributed by atoms with Crippen LogP contribution in [0.15, 0.2) is 0 Å². The molecule has 0 aliphatic carbocycles. The van der Waals surface area contributed by atoms with E-state index in [1.807, 2.05) is 0 Å². The van der Waals surface area contributed by atoms with Gasteiger partial charge in [0, 0.05) is 19.7 Å². The van der Waals surface area contributed by atoms with E-state index >= 15 is 0 Å². The van der Waals surface area contributed by atoms with Gasteiger partial charge in [0.1, 0.15) is 6.61 Å². The first-order valence-corrected chi connectivity index (χ1v) is 5.39. The molecule has 1 amide bonds. The molecule has 0 bridgehead atoms. The summed E-state index contributed by atoms with van der Waals surface area (Å²) in [6.07, 6.45) is 2.34. The number of ether oxygens (including phenoxy) is 2. The third-order valence-electron chi connectivity index (χ3n) is 2.37. The molecule has 16 heavy (non-hydrogen) atoms. The third kappa shape index (κ3) is 7.00. The standard InChI is InChI=1S/C10H20N2O3.ClH/c1-14-5-6-15-8-10(13)12-7-9-3-2-4-11-9;/h9,11H,2-8H2,1H3,(H,12,13);1H. The Morgan fingerprint density at radius 3 is 2.94 bits per heavy atom. The first-order valence-electron chi connectivity index (χ1n) is 5.39. The number of hydrogen-bond donors (Lipinski definition) is 2. The first kappa shape index (κ1) is 15.6. The van der Waals surface area contributed by atoms with Crippen LogP contribution in [0.3, 0.4) is 0 Å². The fraction of sp³-hybridized carbons (Fsp3) is 0.900. The number of rotatable bonds is 7. The maximum Gasteiger partial charge on any atom is 0.246 e. The van der Waals surface area contributed by atoms with Crippen LogP contribution in [0.25, 0.3) is 0 Å². The molecule has 0 radical (unpaired) electrons. The molecule has 0 aromatic rings. The molecule has 0 spiro atoms. The van der Waals surface area contributed by atoms with Crippen LogP contribution in [0, 0.1) is 0 Å². The van der Waals surface area contributed by atoms with Gasteiger partial charge in [-0.05, 0) is 19.4 Å². The first-order chi connectivity index (χ1) is 7.33. The van der Waals surface area contributed by atoms with Gasteiger partial charge in [0.15, 0.2) is 0 Å². The Bertz CT molecular complexity index is 187. The SMILES string of the molecule is COCCOCC(=O)NCC1CCCN1.Cl. The Hall–Kier alpha value is -0.360. The molecule has 1 heterocycles. The fourth-order valence-electron chi connectivity index (χ4n) is 1.53. The lowest BCUT2D eigenvalue weighted by Crippen LogP contribution is -2.38. The van der Waals surface area contributed by atoms with Crippen LogP contribution >= 0.6 is 12.4 Å². The highest BCUT2D eigenvalue weighted by Gasteiger charge is 2.14. The summed E-state index contributed by atoms with van der Waals surface area (Å²) in [5.74, 6) is -0.0557. The van der Waals surface area contributed by atoms with E-state index in [4.69, 9.17) is 9.47 Å². The Morgan fingerprint density at radius 1 is 1.50 bits per heavy atom. The van der Waals surface area contributed by atoms with Crippen molar-refractivity contribution in [3.63, 3.8) is 0 Å². The molecular formula is C10H21ClN2O3. The lowest BCUT2D eigenvalue weighted by atomic mass is 10.2. The number of methoxy groups -OCH3 is 1. The number of hydrogen-bond acceptors (Lipinski definition) is 4. The highest BCUT2D eigenvalue weighted by Crippen LogP contribution is 2.02. The molecule has 1 fully saturated rings. The molecule has 1 rings (SSSR count). The molecule has 1 aliphatic rings. The van der Waals surface area contributed by atoms with Gasteiger partial charge >= 0.3 is 0 Å². The molecule has 5 nitrogen and oxygen atoms in total. The van der Waals surface area contributed by atoms with Crippen LogP contribution < -0.4 is 10.6 Å². The van der Waals surface area contributed by atoms with Gasteiger partial charge in [0.25, 0.3) is 0 Å². The van der Waals surface area contributed by atoms with Crippen LogP contribution in [0.4, 0.5) is 0 Å². The van der Waals surface area contributed by atoms with E-state index in [1.54, 1.807) is 7.11 Å². The van der Waals surface area contributed by atoms with Gasteiger partial charge in [-0.1, -0.05) is 0 Å². The van der Waals surface area contributed by atoms with Crippen LogP contribution in [0.2, 0.25) is 0 Å². The molecule has 0 saturated carbocycles. The van der Waals surface area contributed by atoms with Crippen LogP contribution in [-0.4, -0.2) is 52.0 Å². The minimum atomic E-state index is -0.0557. The summed E-state index contributed by atoms with van der Waals surface area (Å²) in [5.41, 5.74) is 0. The average molecular weight is 253 g/mol. The molecule has 96 valence electrons. The topological polar surface area (TPSA) is 59.6 Å². The molecule has 2 N–H and O–H groups in total. The minimum Gasteiger partial charge on any atom is -0.382 e. The molecule has 1 atom stereocenters. The molecule has 0 aromatic heterocycles. The Labute approximate surface area is 103 Å². The van der Waals surface area contributed by atoms with Gasteiger partial charge in [0.2, 0.25) is 5.91 Å². The maximum atomic E-state index is 11.3. The fourth-order valence-corrected chi connectivity index (χ4v) is 1.53. The average Bonchev–Trinajstić information content (AvgIpc) is 2.74. The largest absolute Gasteiger partial charge is 0.382 e. The van der Waals surface area contributed by atoms with Crippen molar-refractivity contribution in [1.29, 1.82) is 0 Å². The quantitative estimate of drug-likeness (QED) is 0.624. The van der Waals surface area contributed by atoms with Crippen molar-refractivity contribution in [2.75, 3.05) is 40.0 Å². The monoisotopic (exact) mass is 252 g/mol. The zero-order valence-corrected chi connectivity index (χ0v) is 10.5. The van der Waals surface area contributed by atoms with E-state index in [0.29, 0.717) is 25.8 Å². The summed E-state index contributed by atoms with van der Waals surface area (Å²) in [5, 5.41) is 6.15. The molecule has 1 aliphatic heterocycles. The molecule has 6 heteroatoms. The van der Waals surface area contributed by atoms with Crippen molar-refractivity contribution in [3.05, 3.63) is 0 Å². The normalized spacial score (nSPS) is 19.2. The number of carbonyl (C=O) groups is 1. The lowest BCUT2D eigenvalue weighted by Gasteiger charge is -2.11. The summed E-state index contributed by atoms with van der Waals surface area (Å²) in [4.78, 5) is 11.3.